The second kappa shape index (κ2) is 7.54. The van der Waals surface area contributed by atoms with Gasteiger partial charge in [0.25, 0.3) is 0 Å². The number of hydrogen-bond acceptors (Lipinski definition) is 2. The molecule has 0 radical (unpaired) electrons. The van der Waals surface area contributed by atoms with Crippen LogP contribution in [0.3, 0.4) is 0 Å². The van der Waals surface area contributed by atoms with Gasteiger partial charge in [0.15, 0.2) is 0 Å². The summed E-state index contributed by atoms with van der Waals surface area (Å²) < 4.78 is 10.6. The summed E-state index contributed by atoms with van der Waals surface area (Å²) in [7, 11) is 0. The zero-order chi connectivity index (χ0) is 10.1. The van der Waals surface area contributed by atoms with Crippen molar-refractivity contribution in [2.45, 2.75) is 26.4 Å². The lowest BCUT2D eigenvalue weighted by atomic mass is 10.2. The topological polar surface area (TPSA) is 18.5 Å². The van der Waals surface area contributed by atoms with Gasteiger partial charge in [-0.15, -0.1) is 0 Å². The number of hydrogen-bond donors (Lipinski definition) is 0. The van der Waals surface area contributed by atoms with Crippen LogP contribution < -0.4 is 0 Å². The molecule has 2 heteroatoms. The smallest absolute Gasteiger partial charge is 0.147 e. The van der Waals surface area contributed by atoms with Crippen LogP contribution in [0.15, 0.2) is 30.3 Å². The van der Waals surface area contributed by atoms with Crippen molar-refractivity contribution < 1.29 is 9.47 Å². The molecule has 2 nitrogen and oxygen atoms in total. The van der Waals surface area contributed by atoms with Crippen LogP contribution in [0.25, 0.3) is 0 Å². The number of benzene rings is 1. The van der Waals surface area contributed by atoms with Crippen LogP contribution in [0.2, 0.25) is 0 Å². The zero-order valence-electron chi connectivity index (χ0n) is 8.74. The highest BCUT2D eigenvalue weighted by Gasteiger charge is 1.91. The maximum absolute atomic E-state index is 5.34. The molecule has 0 heterocycles. The van der Waals surface area contributed by atoms with Gasteiger partial charge in [0.2, 0.25) is 0 Å². The van der Waals surface area contributed by atoms with Gasteiger partial charge in [-0.1, -0.05) is 43.7 Å². The zero-order valence-corrected chi connectivity index (χ0v) is 8.74. The van der Waals surface area contributed by atoms with Gasteiger partial charge in [-0.25, -0.2) is 0 Å². The van der Waals surface area contributed by atoms with Crippen LogP contribution in [0.5, 0.6) is 0 Å². The molecule has 0 bridgehead atoms. The maximum atomic E-state index is 5.34. The van der Waals surface area contributed by atoms with Crippen LogP contribution in [0.1, 0.15) is 25.3 Å². The first-order valence-electron chi connectivity index (χ1n) is 5.13. The fraction of sp³-hybridized carbons (Fsp3) is 0.500. The Morgan fingerprint density at radius 2 is 1.86 bits per heavy atom. The molecule has 1 aromatic carbocycles. The summed E-state index contributed by atoms with van der Waals surface area (Å²) in [6.45, 7) is 3.97. The quantitative estimate of drug-likeness (QED) is 0.490. The summed E-state index contributed by atoms with van der Waals surface area (Å²) >= 11 is 0. The first-order valence-corrected chi connectivity index (χ1v) is 5.13. The lowest BCUT2D eigenvalue weighted by Gasteiger charge is -2.04. The van der Waals surface area contributed by atoms with Gasteiger partial charge in [0.05, 0.1) is 6.61 Å². The van der Waals surface area contributed by atoms with E-state index in [1.807, 2.05) is 30.3 Å². The van der Waals surface area contributed by atoms with E-state index in [-0.39, 0.29) is 0 Å². The van der Waals surface area contributed by atoms with Gasteiger partial charge in [-0.3, -0.25) is 0 Å². The highest BCUT2D eigenvalue weighted by Crippen LogP contribution is 2.00. The van der Waals surface area contributed by atoms with Crippen molar-refractivity contribution in [2.24, 2.45) is 0 Å². The lowest BCUT2D eigenvalue weighted by Crippen LogP contribution is -2.01. The third-order valence-electron chi connectivity index (χ3n) is 1.92. The van der Waals surface area contributed by atoms with Gasteiger partial charge in [-0.05, 0) is 12.0 Å². The second-order valence-corrected chi connectivity index (χ2v) is 3.21. The second-order valence-electron chi connectivity index (χ2n) is 3.21. The van der Waals surface area contributed by atoms with Crippen LogP contribution in [0.4, 0.5) is 0 Å². The number of unbranched alkanes of at least 4 members (excludes halogenated alkanes) is 1. The molecule has 0 aromatic heterocycles. The van der Waals surface area contributed by atoms with Crippen LogP contribution >= 0.6 is 0 Å². The molecule has 0 amide bonds. The third-order valence-corrected chi connectivity index (χ3v) is 1.92. The molecule has 1 aromatic rings. The first-order chi connectivity index (χ1) is 6.93. The van der Waals surface area contributed by atoms with Crippen LogP contribution in [0, 0.1) is 0 Å². The highest BCUT2D eigenvalue weighted by atomic mass is 16.7. The standard InChI is InChI=1S/C12H18O2/c1-2-3-9-13-11-14-10-12-7-5-4-6-8-12/h4-8H,2-3,9-11H2,1H3. The fourth-order valence-corrected chi connectivity index (χ4v) is 1.10. The molecule has 0 fully saturated rings. The van der Waals surface area contributed by atoms with Gasteiger partial charge in [-0.2, -0.15) is 0 Å². The molecule has 0 aliphatic carbocycles. The van der Waals surface area contributed by atoms with Crippen molar-refractivity contribution in [3.63, 3.8) is 0 Å². The van der Waals surface area contributed by atoms with E-state index in [9.17, 15) is 0 Å². The van der Waals surface area contributed by atoms with E-state index in [0.717, 1.165) is 13.0 Å². The molecule has 0 atom stereocenters. The Bertz CT molecular complexity index is 221. The van der Waals surface area contributed by atoms with E-state index in [2.05, 4.69) is 6.92 Å². The van der Waals surface area contributed by atoms with Crippen molar-refractivity contribution in [1.29, 1.82) is 0 Å². The maximum Gasteiger partial charge on any atom is 0.147 e. The summed E-state index contributed by atoms with van der Waals surface area (Å²) in [4.78, 5) is 0. The van der Waals surface area contributed by atoms with Gasteiger partial charge >= 0.3 is 0 Å². The molecule has 0 aliphatic heterocycles. The highest BCUT2D eigenvalue weighted by molar-refractivity contribution is 5.13. The molecular weight excluding hydrogens is 176 g/mol. The van der Waals surface area contributed by atoms with Crippen molar-refractivity contribution in [3.05, 3.63) is 35.9 Å². The minimum atomic E-state index is 0.398. The molecule has 0 unspecified atom stereocenters. The Morgan fingerprint density at radius 3 is 2.57 bits per heavy atom. The first kappa shape index (κ1) is 11.2. The molecule has 0 aliphatic rings. The SMILES string of the molecule is CCCCOCOCc1ccccc1. The van der Waals surface area contributed by atoms with Gasteiger partial charge in [0.1, 0.15) is 6.79 Å². The van der Waals surface area contributed by atoms with E-state index in [1.165, 1.54) is 12.0 Å². The molecule has 0 spiro atoms. The fourth-order valence-electron chi connectivity index (χ4n) is 1.10. The number of rotatable bonds is 7. The molecule has 1 rings (SSSR count). The van der Waals surface area contributed by atoms with E-state index in [4.69, 9.17) is 9.47 Å². The molecule has 0 saturated carbocycles. The molecule has 0 saturated heterocycles. The van der Waals surface area contributed by atoms with Crippen LogP contribution in [-0.2, 0) is 16.1 Å². The summed E-state index contributed by atoms with van der Waals surface area (Å²) in [5.41, 5.74) is 1.19. The average molecular weight is 194 g/mol. The Labute approximate surface area is 85.8 Å². The van der Waals surface area contributed by atoms with E-state index in [1.54, 1.807) is 0 Å². The summed E-state index contributed by atoms with van der Waals surface area (Å²) in [5, 5.41) is 0. The van der Waals surface area contributed by atoms with E-state index < -0.39 is 0 Å². The minimum absolute atomic E-state index is 0.398. The lowest BCUT2D eigenvalue weighted by molar-refractivity contribution is -0.0620. The predicted octanol–water partition coefficient (Wildman–Crippen LogP) is 2.98. The van der Waals surface area contributed by atoms with Gasteiger partial charge in [0, 0.05) is 6.61 Å². The van der Waals surface area contributed by atoms with Crippen LogP contribution in [-0.4, -0.2) is 13.4 Å². The number of ether oxygens (including phenoxy) is 2. The largest absolute Gasteiger partial charge is 0.355 e. The van der Waals surface area contributed by atoms with Crippen molar-refractivity contribution in [2.75, 3.05) is 13.4 Å². The predicted molar refractivity (Wildman–Crippen MR) is 57.0 cm³/mol. The van der Waals surface area contributed by atoms with Crippen molar-refractivity contribution in [1.82, 2.24) is 0 Å². The van der Waals surface area contributed by atoms with E-state index in [0.29, 0.717) is 13.4 Å². The Balaban J connectivity index is 1.99. The molecule has 78 valence electrons. The van der Waals surface area contributed by atoms with E-state index >= 15 is 0 Å². The normalized spacial score (nSPS) is 10.4. The summed E-state index contributed by atoms with van der Waals surface area (Å²) in [6.07, 6.45) is 2.27. The Hall–Kier alpha value is -0.860. The van der Waals surface area contributed by atoms with Gasteiger partial charge < -0.3 is 9.47 Å². The summed E-state index contributed by atoms with van der Waals surface area (Å²) in [6, 6.07) is 10.1. The van der Waals surface area contributed by atoms with Crippen molar-refractivity contribution >= 4 is 0 Å². The molecule has 14 heavy (non-hydrogen) atoms. The third kappa shape index (κ3) is 5.00. The Kier molecular flexibility index (Phi) is 6.04. The van der Waals surface area contributed by atoms with Crippen molar-refractivity contribution in [3.8, 4) is 0 Å². The molecular formula is C12H18O2. The molecule has 0 N–H and O–H groups in total. The summed E-state index contributed by atoms with van der Waals surface area (Å²) in [5.74, 6) is 0. The minimum Gasteiger partial charge on any atom is -0.355 e. The monoisotopic (exact) mass is 194 g/mol. The Morgan fingerprint density at radius 1 is 1.07 bits per heavy atom. The average Bonchev–Trinajstić information content (AvgIpc) is 2.25.